The fourth-order valence-corrected chi connectivity index (χ4v) is 3.02. The van der Waals surface area contributed by atoms with Crippen molar-refractivity contribution < 1.29 is 4.79 Å². The molecule has 0 spiro atoms. The molecule has 108 valence electrons. The molecule has 1 fully saturated rings. The molecule has 0 saturated carbocycles. The van der Waals surface area contributed by atoms with Crippen LogP contribution in [-0.2, 0) is 11.3 Å². The number of nitrogens with one attached hydrogen (secondary N) is 2. The first-order valence-electron chi connectivity index (χ1n) is 6.75. The molecule has 5 heteroatoms. The standard InChI is InChI=1S/C15H20IN3O/c1-10(2)8-15(3)13(20)19(14(17)18-15)9-11-4-6-12(16)7-5-11/h4-7,10H,8-9H2,1-3H3,(H2,17,18). The van der Waals surface area contributed by atoms with E-state index < -0.39 is 5.54 Å². The number of guanidine groups is 1. The molecule has 1 amide bonds. The third-order valence-corrected chi connectivity index (χ3v) is 4.17. The van der Waals surface area contributed by atoms with Gasteiger partial charge in [-0.2, -0.15) is 0 Å². The van der Waals surface area contributed by atoms with Crippen LogP contribution in [0.15, 0.2) is 24.3 Å². The zero-order valence-corrected chi connectivity index (χ0v) is 14.2. The first kappa shape index (κ1) is 15.3. The molecule has 0 aromatic heterocycles. The molecule has 1 aromatic rings. The number of halogens is 1. The van der Waals surface area contributed by atoms with Crippen LogP contribution in [0.5, 0.6) is 0 Å². The van der Waals surface area contributed by atoms with Gasteiger partial charge in [-0.25, -0.2) is 0 Å². The lowest BCUT2D eigenvalue weighted by Crippen LogP contribution is -2.44. The smallest absolute Gasteiger partial charge is 0.255 e. The molecule has 0 aliphatic carbocycles. The Labute approximate surface area is 133 Å². The van der Waals surface area contributed by atoms with Crippen LogP contribution in [-0.4, -0.2) is 22.3 Å². The molecular formula is C15H20IN3O. The minimum Gasteiger partial charge on any atom is -0.342 e. The number of carbonyl (C=O) groups excluding carboxylic acids is 1. The molecule has 0 bridgehead atoms. The lowest BCUT2D eigenvalue weighted by atomic mass is 9.91. The molecule has 1 unspecified atom stereocenters. The first-order valence-corrected chi connectivity index (χ1v) is 7.83. The highest BCUT2D eigenvalue weighted by Gasteiger charge is 2.45. The number of hydrogen-bond acceptors (Lipinski definition) is 2. The molecule has 2 N–H and O–H groups in total. The van der Waals surface area contributed by atoms with Crippen molar-refractivity contribution in [3.05, 3.63) is 33.4 Å². The third kappa shape index (κ3) is 3.13. The van der Waals surface area contributed by atoms with E-state index in [1.54, 1.807) is 0 Å². The van der Waals surface area contributed by atoms with Crippen molar-refractivity contribution in [3.63, 3.8) is 0 Å². The van der Waals surface area contributed by atoms with Crippen molar-refractivity contribution in [1.29, 1.82) is 5.41 Å². The van der Waals surface area contributed by atoms with Gasteiger partial charge in [-0.05, 0) is 59.5 Å². The summed E-state index contributed by atoms with van der Waals surface area (Å²) in [6, 6.07) is 8.03. The molecule has 20 heavy (non-hydrogen) atoms. The van der Waals surface area contributed by atoms with Gasteiger partial charge in [-0.15, -0.1) is 0 Å². The Bertz CT molecular complexity index is 526. The number of amides is 1. The van der Waals surface area contributed by atoms with Crippen LogP contribution in [0, 0.1) is 14.9 Å². The second kappa shape index (κ2) is 5.71. The van der Waals surface area contributed by atoms with E-state index in [2.05, 4.69) is 41.8 Å². The van der Waals surface area contributed by atoms with E-state index >= 15 is 0 Å². The van der Waals surface area contributed by atoms with Gasteiger partial charge in [0.1, 0.15) is 5.54 Å². The van der Waals surface area contributed by atoms with Crippen LogP contribution in [0.3, 0.4) is 0 Å². The van der Waals surface area contributed by atoms with Gasteiger partial charge in [0.25, 0.3) is 5.91 Å². The molecule has 1 saturated heterocycles. The number of rotatable bonds is 4. The molecule has 1 aliphatic rings. The van der Waals surface area contributed by atoms with Gasteiger partial charge in [0, 0.05) is 3.57 Å². The average Bonchev–Trinajstić information content (AvgIpc) is 2.54. The SMILES string of the molecule is CC(C)CC1(C)NC(=N)N(Cc2ccc(I)cc2)C1=O. The first-order chi connectivity index (χ1) is 9.32. The second-order valence-corrected chi connectivity index (χ2v) is 7.17. The quantitative estimate of drug-likeness (QED) is 0.784. The largest absolute Gasteiger partial charge is 0.342 e. The van der Waals surface area contributed by atoms with E-state index in [9.17, 15) is 4.79 Å². The van der Waals surface area contributed by atoms with E-state index in [4.69, 9.17) is 5.41 Å². The van der Waals surface area contributed by atoms with Crippen molar-refractivity contribution in [3.8, 4) is 0 Å². The number of benzene rings is 1. The van der Waals surface area contributed by atoms with E-state index in [-0.39, 0.29) is 11.9 Å². The van der Waals surface area contributed by atoms with Gasteiger partial charge in [0.05, 0.1) is 6.54 Å². The lowest BCUT2D eigenvalue weighted by molar-refractivity contribution is -0.131. The zero-order valence-electron chi connectivity index (χ0n) is 12.0. The van der Waals surface area contributed by atoms with Crippen LogP contribution >= 0.6 is 22.6 Å². The average molecular weight is 385 g/mol. The van der Waals surface area contributed by atoms with Gasteiger partial charge >= 0.3 is 0 Å². The highest BCUT2D eigenvalue weighted by atomic mass is 127. The number of hydrogen-bond donors (Lipinski definition) is 2. The molecule has 1 aromatic carbocycles. The van der Waals surface area contributed by atoms with E-state index in [0.29, 0.717) is 12.5 Å². The van der Waals surface area contributed by atoms with Crippen LogP contribution in [0.2, 0.25) is 0 Å². The fraction of sp³-hybridized carbons (Fsp3) is 0.467. The molecule has 2 rings (SSSR count). The lowest BCUT2D eigenvalue weighted by Gasteiger charge is -2.24. The van der Waals surface area contributed by atoms with Gasteiger partial charge in [0.2, 0.25) is 0 Å². The Kier molecular flexibility index (Phi) is 4.36. The maximum Gasteiger partial charge on any atom is 0.255 e. The Morgan fingerprint density at radius 1 is 1.35 bits per heavy atom. The summed E-state index contributed by atoms with van der Waals surface area (Å²) in [5, 5.41) is 11.1. The Hall–Kier alpha value is -1.11. The maximum absolute atomic E-state index is 12.6. The molecule has 1 heterocycles. The summed E-state index contributed by atoms with van der Waals surface area (Å²) in [5.41, 5.74) is 0.396. The summed E-state index contributed by atoms with van der Waals surface area (Å²) < 4.78 is 1.16. The third-order valence-electron chi connectivity index (χ3n) is 3.45. The molecule has 1 aliphatic heterocycles. The highest BCUT2D eigenvalue weighted by Crippen LogP contribution is 2.25. The minimum absolute atomic E-state index is 0.00486. The highest BCUT2D eigenvalue weighted by molar-refractivity contribution is 14.1. The van der Waals surface area contributed by atoms with Crippen LogP contribution in [0.1, 0.15) is 32.8 Å². The summed E-state index contributed by atoms with van der Waals surface area (Å²) in [6.07, 6.45) is 0.734. The molecule has 1 atom stereocenters. The second-order valence-electron chi connectivity index (χ2n) is 5.92. The topological polar surface area (TPSA) is 56.2 Å². The van der Waals surface area contributed by atoms with Crippen LogP contribution < -0.4 is 5.32 Å². The van der Waals surface area contributed by atoms with Gasteiger partial charge in [0.15, 0.2) is 5.96 Å². The van der Waals surface area contributed by atoms with Crippen LogP contribution in [0.4, 0.5) is 0 Å². The van der Waals surface area contributed by atoms with E-state index in [1.807, 2.05) is 31.2 Å². The van der Waals surface area contributed by atoms with E-state index in [0.717, 1.165) is 15.6 Å². The summed E-state index contributed by atoms with van der Waals surface area (Å²) in [5.74, 6) is 0.606. The predicted molar refractivity (Wildman–Crippen MR) is 88.4 cm³/mol. The molecular weight excluding hydrogens is 365 g/mol. The predicted octanol–water partition coefficient (Wildman–Crippen LogP) is 2.96. The zero-order chi connectivity index (χ0) is 14.9. The maximum atomic E-state index is 12.6. The van der Waals surface area contributed by atoms with Crippen molar-refractivity contribution in [2.24, 2.45) is 5.92 Å². The minimum atomic E-state index is -0.644. The molecule has 0 radical (unpaired) electrons. The summed E-state index contributed by atoms with van der Waals surface area (Å²) in [4.78, 5) is 14.1. The summed E-state index contributed by atoms with van der Waals surface area (Å²) in [7, 11) is 0. The van der Waals surface area contributed by atoms with Crippen molar-refractivity contribution in [2.75, 3.05) is 0 Å². The Morgan fingerprint density at radius 3 is 2.50 bits per heavy atom. The van der Waals surface area contributed by atoms with Crippen molar-refractivity contribution >= 4 is 34.5 Å². The van der Waals surface area contributed by atoms with Gasteiger partial charge in [-0.1, -0.05) is 26.0 Å². The van der Waals surface area contributed by atoms with Gasteiger partial charge < -0.3 is 5.32 Å². The molecule has 4 nitrogen and oxygen atoms in total. The normalized spacial score (nSPS) is 22.6. The Morgan fingerprint density at radius 2 is 1.95 bits per heavy atom. The Balaban J connectivity index is 2.15. The number of carbonyl (C=O) groups is 1. The number of nitrogens with zero attached hydrogens (tertiary/aromatic N) is 1. The van der Waals surface area contributed by atoms with Gasteiger partial charge in [-0.3, -0.25) is 15.1 Å². The summed E-state index contributed by atoms with van der Waals surface area (Å²) in [6.45, 7) is 6.52. The van der Waals surface area contributed by atoms with Crippen molar-refractivity contribution in [2.45, 2.75) is 39.3 Å². The van der Waals surface area contributed by atoms with Crippen molar-refractivity contribution in [1.82, 2.24) is 10.2 Å². The fourth-order valence-electron chi connectivity index (χ4n) is 2.66. The summed E-state index contributed by atoms with van der Waals surface area (Å²) >= 11 is 2.25. The van der Waals surface area contributed by atoms with E-state index in [1.165, 1.54) is 4.90 Å². The van der Waals surface area contributed by atoms with Crippen LogP contribution in [0.25, 0.3) is 0 Å². The monoisotopic (exact) mass is 385 g/mol.